The highest BCUT2D eigenvalue weighted by atomic mass is 15.3. The molecule has 1 heterocycles. The molecule has 1 saturated heterocycles. The summed E-state index contributed by atoms with van der Waals surface area (Å²) < 4.78 is 0. The highest BCUT2D eigenvalue weighted by molar-refractivity contribution is 5.21. The minimum absolute atomic E-state index is 0.260. The Kier molecular flexibility index (Phi) is 5.08. The van der Waals surface area contributed by atoms with Gasteiger partial charge in [0, 0.05) is 37.6 Å². The van der Waals surface area contributed by atoms with Gasteiger partial charge in [0.1, 0.15) is 0 Å². The Morgan fingerprint density at radius 2 is 2.00 bits per heavy atom. The molecule has 0 spiro atoms. The van der Waals surface area contributed by atoms with Crippen LogP contribution in [0.3, 0.4) is 0 Å². The lowest BCUT2D eigenvalue weighted by molar-refractivity contribution is 0.0563. The van der Waals surface area contributed by atoms with Gasteiger partial charge in [-0.05, 0) is 17.9 Å². The summed E-state index contributed by atoms with van der Waals surface area (Å²) in [5.74, 6) is 2.83. The van der Waals surface area contributed by atoms with E-state index >= 15 is 0 Å². The molecule has 0 aliphatic carbocycles. The predicted molar refractivity (Wildman–Crippen MR) is 90.0 cm³/mol. The molecule has 2 nitrogen and oxygen atoms in total. The van der Waals surface area contributed by atoms with Crippen LogP contribution in [0.2, 0.25) is 0 Å². The van der Waals surface area contributed by atoms with E-state index in [9.17, 15) is 0 Å². The maximum Gasteiger partial charge on any atom is 0.0476 e. The number of nitrogens with one attached hydrogen (secondary N) is 1. The molecular formula is C19H28N2. The van der Waals surface area contributed by atoms with Crippen molar-refractivity contribution in [2.45, 2.75) is 52.2 Å². The molecule has 1 aliphatic rings. The summed E-state index contributed by atoms with van der Waals surface area (Å²) in [5.41, 5.74) is 1.64. The quantitative estimate of drug-likeness (QED) is 0.855. The van der Waals surface area contributed by atoms with Gasteiger partial charge >= 0.3 is 0 Å². The van der Waals surface area contributed by atoms with Crippen molar-refractivity contribution in [3.8, 4) is 12.3 Å². The first-order valence-electron chi connectivity index (χ1n) is 7.91. The van der Waals surface area contributed by atoms with Gasteiger partial charge in [-0.1, -0.05) is 51.1 Å². The predicted octanol–water partition coefficient (Wildman–Crippen LogP) is 3.46. The summed E-state index contributed by atoms with van der Waals surface area (Å²) in [4.78, 5) is 2.58. The molecule has 0 saturated carbocycles. The normalized spacial score (nSPS) is 25.3. The van der Waals surface area contributed by atoms with Gasteiger partial charge < -0.3 is 5.32 Å². The molecule has 0 amide bonds. The van der Waals surface area contributed by atoms with E-state index in [1.165, 1.54) is 5.56 Å². The van der Waals surface area contributed by atoms with Crippen LogP contribution in [0.4, 0.5) is 0 Å². The largest absolute Gasteiger partial charge is 0.310 e. The Morgan fingerprint density at radius 1 is 1.33 bits per heavy atom. The van der Waals surface area contributed by atoms with Gasteiger partial charge in [0.25, 0.3) is 0 Å². The average molecular weight is 284 g/mol. The fraction of sp³-hybridized carbons (Fsp3) is 0.579. The first kappa shape index (κ1) is 16.1. The lowest BCUT2D eigenvalue weighted by atomic mass is 9.83. The molecule has 3 atom stereocenters. The third-order valence-electron chi connectivity index (χ3n) is 4.56. The Morgan fingerprint density at radius 3 is 2.57 bits per heavy atom. The van der Waals surface area contributed by atoms with Crippen LogP contribution >= 0.6 is 0 Å². The van der Waals surface area contributed by atoms with Crippen molar-refractivity contribution < 1.29 is 0 Å². The highest BCUT2D eigenvalue weighted by Gasteiger charge is 2.36. The van der Waals surface area contributed by atoms with Crippen LogP contribution in [0, 0.1) is 17.8 Å². The molecule has 3 unspecified atom stereocenters. The van der Waals surface area contributed by atoms with Crippen LogP contribution in [0.15, 0.2) is 30.3 Å². The summed E-state index contributed by atoms with van der Waals surface area (Å²) >= 11 is 0. The molecular weight excluding hydrogens is 256 g/mol. The second kappa shape index (κ2) is 6.64. The Balaban J connectivity index is 2.22. The SMILES string of the molecule is C#CCC(C)N1CC(C(C)(C)C)NCC1c1ccccc1. The van der Waals surface area contributed by atoms with Gasteiger partial charge in [0.2, 0.25) is 0 Å². The van der Waals surface area contributed by atoms with E-state index in [4.69, 9.17) is 6.42 Å². The van der Waals surface area contributed by atoms with Crippen molar-refractivity contribution in [1.29, 1.82) is 0 Å². The molecule has 114 valence electrons. The number of nitrogens with zero attached hydrogens (tertiary/aromatic N) is 1. The van der Waals surface area contributed by atoms with Gasteiger partial charge in [0.05, 0.1) is 0 Å². The van der Waals surface area contributed by atoms with Crippen LogP contribution in [-0.2, 0) is 0 Å². The Bertz CT molecular complexity index is 481. The molecule has 21 heavy (non-hydrogen) atoms. The zero-order valence-electron chi connectivity index (χ0n) is 13.8. The van der Waals surface area contributed by atoms with Crippen LogP contribution in [0.1, 0.15) is 45.7 Å². The fourth-order valence-electron chi connectivity index (χ4n) is 3.11. The lowest BCUT2D eigenvalue weighted by Gasteiger charge is -2.47. The van der Waals surface area contributed by atoms with Crippen molar-refractivity contribution in [1.82, 2.24) is 10.2 Å². The topological polar surface area (TPSA) is 15.3 Å². The van der Waals surface area contributed by atoms with Crippen LogP contribution in [-0.4, -0.2) is 30.1 Å². The lowest BCUT2D eigenvalue weighted by Crippen LogP contribution is -2.58. The van der Waals surface area contributed by atoms with E-state index in [-0.39, 0.29) is 5.41 Å². The maximum atomic E-state index is 5.55. The molecule has 0 radical (unpaired) electrons. The van der Waals surface area contributed by atoms with Crippen molar-refractivity contribution in [2.24, 2.45) is 5.41 Å². The first-order valence-corrected chi connectivity index (χ1v) is 7.91. The number of benzene rings is 1. The molecule has 1 N–H and O–H groups in total. The van der Waals surface area contributed by atoms with E-state index in [1.54, 1.807) is 0 Å². The number of piperazine rings is 1. The molecule has 2 heteroatoms. The molecule has 1 fully saturated rings. The molecule has 0 bridgehead atoms. The van der Waals surface area contributed by atoms with E-state index in [2.05, 4.69) is 74.2 Å². The second-order valence-electron chi connectivity index (χ2n) is 7.21. The van der Waals surface area contributed by atoms with Gasteiger partial charge in [-0.3, -0.25) is 4.90 Å². The summed E-state index contributed by atoms with van der Waals surface area (Å²) in [6, 6.07) is 12.1. The zero-order chi connectivity index (χ0) is 15.5. The Labute approximate surface area is 129 Å². The number of terminal acetylenes is 1. The average Bonchev–Trinajstić information content (AvgIpc) is 2.47. The molecule has 1 aliphatic heterocycles. The van der Waals surface area contributed by atoms with Gasteiger partial charge in [0.15, 0.2) is 0 Å². The molecule has 0 aromatic heterocycles. The highest BCUT2D eigenvalue weighted by Crippen LogP contribution is 2.31. The summed E-state index contributed by atoms with van der Waals surface area (Å²) in [7, 11) is 0. The monoisotopic (exact) mass is 284 g/mol. The fourth-order valence-corrected chi connectivity index (χ4v) is 3.11. The van der Waals surface area contributed by atoms with Gasteiger partial charge in [-0.2, -0.15) is 0 Å². The van der Waals surface area contributed by atoms with Crippen LogP contribution < -0.4 is 5.32 Å². The van der Waals surface area contributed by atoms with Crippen molar-refractivity contribution in [2.75, 3.05) is 13.1 Å². The Hall–Kier alpha value is -1.30. The van der Waals surface area contributed by atoms with E-state index in [0.29, 0.717) is 18.1 Å². The zero-order valence-corrected chi connectivity index (χ0v) is 13.8. The molecule has 2 rings (SSSR count). The van der Waals surface area contributed by atoms with Crippen LogP contribution in [0.25, 0.3) is 0 Å². The van der Waals surface area contributed by atoms with E-state index < -0.39 is 0 Å². The van der Waals surface area contributed by atoms with Crippen molar-refractivity contribution >= 4 is 0 Å². The summed E-state index contributed by atoms with van der Waals surface area (Å²) in [5, 5.41) is 3.74. The minimum atomic E-state index is 0.260. The van der Waals surface area contributed by atoms with E-state index in [1.807, 2.05) is 0 Å². The van der Waals surface area contributed by atoms with Crippen molar-refractivity contribution in [3.63, 3.8) is 0 Å². The van der Waals surface area contributed by atoms with Crippen molar-refractivity contribution in [3.05, 3.63) is 35.9 Å². The third-order valence-corrected chi connectivity index (χ3v) is 4.56. The summed E-state index contributed by atoms with van der Waals surface area (Å²) in [6.45, 7) is 11.2. The minimum Gasteiger partial charge on any atom is -0.310 e. The van der Waals surface area contributed by atoms with Gasteiger partial charge in [-0.25, -0.2) is 0 Å². The first-order chi connectivity index (χ1) is 9.93. The number of rotatable bonds is 3. The maximum absolute atomic E-state index is 5.55. The molecule has 1 aromatic rings. The molecule has 1 aromatic carbocycles. The number of hydrogen-bond acceptors (Lipinski definition) is 2. The van der Waals surface area contributed by atoms with E-state index in [0.717, 1.165) is 19.5 Å². The van der Waals surface area contributed by atoms with Gasteiger partial charge in [-0.15, -0.1) is 12.3 Å². The second-order valence-corrected chi connectivity index (χ2v) is 7.21. The number of hydrogen-bond donors (Lipinski definition) is 1. The standard InChI is InChI=1S/C19H28N2/c1-6-10-15(2)21-14-18(19(3,4)5)20-13-17(21)16-11-8-7-9-12-16/h1,7-9,11-12,15,17-18,20H,10,13-14H2,2-5H3. The third kappa shape index (κ3) is 3.87. The van der Waals surface area contributed by atoms with Crippen LogP contribution in [0.5, 0.6) is 0 Å². The smallest absolute Gasteiger partial charge is 0.0476 e. The summed E-state index contributed by atoms with van der Waals surface area (Å²) in [6.07, 6.45) is 6.35.